The van der Waals surface area contributed by atoms with E-state index in [0.717, 1.165) is 26.1 Å². The number of carbonyl (C=O) groups excluding carboxylic acids is 1. The summed E-state index contributed by atoms with van der Waals surface area (Å²) in [5, 5.41) is 10.7. The lowest BCUT2D eigenvalue weighted by Crippen LogP contribution is -2.34. The van der Waals surface area contributed by atoms with E-state index in [1.807, 2.05) is 0 Å². The summed E-state index contributed by atoms with van der Waals surface area (Å²) in [5.74, 6) is 0.526. The lowest BCUT2D eigenvalue weighted by molar-refractivity contribution is -0.122. The fourth-order valence-electron chi connectivity index (χ4n) is 2.47. The molecule has 2 heterocycles. The Morgan fingerprint density at radius 1 is 1.60 bits per heavy atom. The maximum absolute atomic E-state index is 11.8. The molecule has 3 N–H and O–H groups in total. The van der Waals surface area contributed by atoms with E-state index in [1.165, 1.54) is 4.68 Å². The molecule has 1 aliphatic heterocycles. The van der Waals surface area contributed by atoms with E-state index in [9.17, 15) is 4.79 Å². The van der Waals surface area contributed by atoms with Crippen LogP contribution in [0.1, 0.15) is 26.0 Å². The molecule has 7 heteroatoms. The number of carbonyl (C=O) groups is 1. The molecule has 0 saturated carbocycles. The van der Waals surface area contributed by atoms with E-state index < -0.39 is 0 Å². The second-order valence-electron chi connectivity index (χ2n) is 5.66. The lowest BCUT2D eigenvalue weighted by Gasteiger charge is -2.20. The molecular formula is C13H24N6O. The molecular weight excluding hydrogens is 256 g/mol. The predicted octanol–water partition coefficient (Wildman–Crippen LogP) is -0.417. The molecule has 7 nitrogen and oxygen atoms in total. The highest BCUT2D eigenvalue weighted by Crippen LogP contribution is 2.17. The molecule has 112 valence electrons. The zero-order valence-electron chi connectivity index (χ0n) is 12.2. The van der Waals surface area contributed by atoms with Crippen molar-refractivity contribution in [3.05, 3.63) is 11.9 Å². The minimum atomic E-state index is -0.0264. The third kappa shape index (κ3) is 4.01. The SMILES string of the molecule is CC(C)N1CCC(CNC(=O)Cn2cc(CN)nn2)C1. The summed E-state index contributed by atoms with van der Waals surface area (Å²) in [4.78, 5) is 14.3. The van der Waals surface area contributed by atoms with Gasteiger partial charge in [-0.2, -0.15) is 0 Å². The molecule has 1 saturated heterocycles. The summed E-state index contributed by atoms with van der Waals surface area (Å²) in [6, 6.07) is 0.584. The minimum Gasteiger partial charge on any atom is -0.354 e. The van der Waals surface area contributed by atoms with Crippen LogP contribution in [0.15, 0.2) is 6.20 Å². The zero-order valence-corrected chi connectivity index (χ0v) is 12.2. The van der Waals surface area contributed by atoms with Crippen LogP contribution in [-0.2, 0) is 17.9 Å². The molecule has 1 aliphatic rings. The molecule has 1 atom stereocenters. The third-order valence-corrected chi connectivity index (χ3v) is 3.74. The van der Waals surface area contributed by atoms with Gasteiger partial charge in [0.25, 0.3) is 0 Å². The third-order valence-electron chi connectivity index (χ3n) is 3.74. The highest BCUT2D eigenvalue weighted by molar-refractivity contribution is 5.75. The van der Waals surface area contributed by atoms with Gasteiger partial charge in [0, 0.05) is 25.7 Å². The molecule has 1 aromatic heterocycles. The molecule has 1 aromatic rings. The number of rotatable bonds is 6. The summed E-state index contributed by atoms with van der Waals surface area (Å²) in [6.07, 6.45) is 2.86. The van der Waals surface area contributed by atoms with Gasteiger partial charge < -0.3 is 16.0 Å². The summed E-state index contributed by atoms with van der Waals surface area (Å²) in [5.41, 5.74) is 6.15. The number of hydrogen-bond donors (Lipinski definition) is 2. The summed E-state index contributed by atoms with van der Waals surface area (Å²) < 4.78 is 1.52. The molecule has 1 unspecified atom stereocenters. The largest absolute Gasteiger partial charge is 0.354 e. The highest BCUT2D eigenvalue weighted by atomic mass is 16.2. The lowest BCUT2D eigenvalue weighted by atomic mass is 10.1. The molecule has 20 heavy (non-hydrogen) atoms. The summed E-state index contributed by atoms with van der Waals surface area (Å²) >= 11 is 0. The van der Waals surface area contributed by atoms with Crippen LogP contribution >= 0.6 is 0 Å². The van der Waals surface area contributed by atoms with E-state index in [1.54, 1.807) is 6.20 Å². The van der Waals surface area contributed by atoms with Gasteiger partial charge >= 0.3 is 0 Å². The van der Waals surface area contributed by atoms with Gasteiger partial charge in [-0.15, -0.1) is 5.10 Å². The van der Waals surface area contributed by atoms with Crippen LogP contribution in [0, 0.1) is 5.92 Å². The first-order chi connectivity index (χ1) is 9.58. The number of nitrogens with two attached hydrogens (primary N) is 1. The first-order valence-corrected chi connectivity index (χ1v) is 7.18. The Morgan fingerprint density at radius 2 is 2.40 bits per heavy atom. The summed E-state index contributed by atoms with van der Waals surface area (Å²) in [7, 11) is 0. The first kappa shape index (κ1) is 14.9. The Bertz CT molecular complexity index is 444. The van der Waals surface area contributed by atoms with Gasteiger partial charge in [0.1, 0.15) is 6.54 Å². The summed E-state index contributed by atoms with van der Waals surface area (Å²) in [6.45, 7) is 7.89. The van der Waals surface area contributed by atoms with Gasteiger partial charge in [0.15, 0.2) is 0 Å². The Kier molecular flexibility index (Phi) is 5.08. The van der Waals surface area contributed by atoms with E-state index in [-0.39, 0.29) is 12.5 Å². The number of likely N-dealkylation sites (tertiary alicyclic amines) is 1. The van der Waals surface area contributed by atoms with Crippen LogP contribution in [0.3, 0.4) is 0 Å². The number of nitrogens with zero attached hydrogens (tertiary/aromatic N) is 4. The zero-order chi connectivity index (χ0) is 14.5. The van der Waals surface area contributed by atoms with E-state index in [2.05, 4.69) is 34.4 Å². The monoisotopic (exact) mass is 280 g/mol. The molecule has 0 aromatic carbocycles. The second kappa shape index (κ2) is 6.81. The maximum atomic E-state index is 11.8. The van der Waals surface area contributed by atoms with E-state index in [4.69, 9.17) is 5.73 Å². The number of hydrogen-bond acceptors (Lipinski definition) is 5. The van der Waals surface area contributed by atoms with Crippen molar-refractivity contribution in [2.24, 2.45) is 11.7 Å². The van der Waals surface area contributed by atoms with Crippen molar-refractivity contribution in [3.8, 4) is 0 Å². The molecule has 1 amide bonds. The van der Waals surface area contributed by atoms with Crippen LogP contribution in [-0.4, -0.2) is 51.5 Å². The Balaban J connectivity index is 1.70. The Hall–Kier alpha value is -1.47. The van der Waals surface area contributed by atoms with Gasteiger partial charge in [-0.05, 0) is 32.7 Å². The van der Waals surface area contributed by atoms with Crippen LogP contribution < -0.4 is 11.1 Å². The smallest absolute Gasteiger partial charge is 0.241 e. The topological polar surface area (TPSA) is 89.1 Å². The Labute approximate surface area is 119 Å². The molecule has 1 fully saturated rings. The predicted molar refractivity (Wildman–Crippen MR) is 75.7 cm³/mol. The average Bonchev–Trinajstić information content (AvgIpc) is 3.05. The fourth-order valence-corrected chi connectivity index (χ4v) is 2.47. The maximum Gasteiger partial charge on any atom is 0.241 e. The number of amides is 1. The molecule has 0 bridgehead atoms. The highest BCUT2D eigenvalue weighted by Gasteiger charge is 2.24. The first-order valence-electron chi connectivity index (χ1n) is 7.18. The van der Waals surface area contributed by atoms with Crippen molar-refractivity contribution in [2.45, 2.75) is 39.4 Å². The molecule has 0 radical (unpaired) electrons. The van der Waals surface area contributed by atoms with Gasteiger partial charge in [-0.3, -0.25) is 4.79 Å². The van der Waals surface area contributed by atoms with Crippen LogP contribution in [0.5, 0.6) is 0 Å². The van der Waals surface area contributed by atoms with Gasteiger partial charge in [0.2, 0.25) is 5.91 Å². The van der Waals surface area contributed by atoms with Crippen LogP contribution in [0.25, 0.3) is 0 Å². The molecule has 0 spiro atoms. The van der Waals surface area contributed by atoms with Crippen molar-refractivity contribution in [2.75, 3.05) is 19.6 Å². The Morgan fingerprint density at radius 3 is 3.00 bits per heavy atom. The van der Waals surface area contributed by atoms with Gasteiger partial charge in [-0.1, -0.05) is 5.21 Å². The quantitative estimate of drug-likeness (QED) is 0.739. The fraction of sp³-hybridized carbons (Fsp3) is 0.769. The van der Waals surface area contributed by atoms with Crippen molar-refractivity contribution >= 4 is 5.91 Å². The molecule has 0 aliphatic carbocycles. The minimum absolute atomic E-state index is 0.0264. The van der Waals surface area contributed by atoms with Crippen LogP contribution in [0.2, 0.25) is 0 Å². The second-order valence-corrected chi connectivity index (χ2v) is 5.66. The van der Waals surface area contributed by atoms with Gasteiger partial charge in [-0.25, -0.2) is 4.68 Å². The average molecular weight is 280 g/mol. The normalized spacial score (nSPS) is 19.7. The van der Waals surface area contributed by atoms with Crippen molar-refractivity contribution < 1.29 is 4.79 Å². The van der Waals surface area contributed by atoms with Crippen molar-refractivity contribution in [1.29, 1.82) is 0 Å². The van der Waals surface area contributed by atoms with Crippen LogP contribution in [0.4, 0.5) is 0 Å². The van der Waals surface area contributed by atoms with E-state index >= 15 is 0 Å². The standard InChI is InChI=1S/C13H24N6O/c1-10(2)18-4-3-11(7-18)6-15-13(20)9-19-8-12(5-14)16-17-19/h8,10-11H,3-7,9,14H2,1-2H3,(H,15,20). The van der Waals surface area contributed by atoms with E-state index in [0.29, 0.717) is 24.2 Å². The molecule has 2 rings (SSSR count). The van der Waals surface area contributed by atoms with Gasteiger partial charge in [0.05, 0.1) is 11.9 Å². The number of aromatic nitrogens is 3. The number of nitrogens with one attached hydrogen (secondary N) is 1. The van der Waals surface area contributed by atoms with Crippen molar-refractivity contribution in [3.63, 3.8) is 0 Å². The van der Waals surface area contributed by atoms with Crippen molar-refractivity contribution in [1.82, 2.24) is 25.2 Å².